The van der Waals surface area contributed by atoms with Crippen molar-refractivity contribution in [3.8, 4) is 5.75 Å². The number of fused-ring (bicyclic) bond motifs is 1. The Morgan fingerprint density at radius 3 is 2.11 bits per heavy atom. The number of aryl methyl sites for hydroxylation is 2. The summed E-state index contributed by atoms with van der Waals surface area (Å²) in [6, 6.07) is 20.0. The number of amides is 2. The number of carbonyl (C=O) groups excluding carboxylic acids is 2. The summed E-state index contributed by atoms with van der Waals surface area (Å²) in [5.41, 5.74) is 7.76. The molecule has 3 aromatic carbocycles. The van der Waals surface area contributed by atoms with E-state index in [2.05, 4.69) is 28.0 Å². The highest BCUT2D eigenvalue weighted by Gasteiger charge is 2.41. The molecular formula is C43H59N7O3. The Labute approximate surface area is 315 Å². The normalized spacial score (nSPS) is 15.0. The van der Waals surface area contributed by atoms with Crippen LogP contribution in [-0.4, -0.2) is 50.8 Å². The number of para-hydroxylation sites is 3. The average molecular weight is 722 g/mol. The quantitative estimate of drug-likeness (QED) is 0.0738. The van der Waals surface area contributed by atoms with Crippen molar-refractivity contribution in [3.05, 3.63) is 77.9 Å². The van der Waals surface area contributed by atoms with E-state index in [1.165, 1.54) is 94.9 Å². The monoisotopic (exact) mass is 721 g/mol. The minimum Gasteiger partial charge on any atom is -0.491 e. The predicted molar refractivity (Wildman–Crippen MR) is 215 cm³/mol. The number of ether oxygens (including phenoxy) is 1. The summed E-state index contributed by atoms with van der Waals surface area (Å²) in [5, 5.41) is 12.9. The maximum absolute atomic E-state index is 13.9. The molecule has 1 aliphatic heterocycles. The van der Waals surface area contributed by atoms with Crippen LogP contribution in [0, 0.1) is 13.8 Å². The van der Waals surface area contributed by atoms with Crippen LogP contribution in [0.4, 0.5) is 11.4 Å². The number of hydrogen-bond donors (Lipinski definition) is 2. The second-order valence-corrected chi connectivity index (χ2v) is 14.4. The van der Waals surface area contributed by atoms with Crippen molar-refractivity contribution in [1.82, 2.24) is 25.4 Å². The van der Waals surface area contributed by atoms with E-state index in [1.54, 1.807) is 4.68 Å². The van der Waals surface area contributed by atoms with Crippen LogP contribution < -0.4 is 15.5 Å². The van der Waals surface area contributed by atoms with E-state index in [1.807, 2.05) is 80.6 Å². The molecule has 4 aromatic rings. The number of hydrogen-bond acceptors (Lipinski definition) is 6. The first-order valence-corrected chi connectivity index (χ1v) is 20.0. The summed E-state index contributed by atoms with van der Waals surface area (Å²) in [7, 11) is 0. The fourth-order valence-corrected chi connectivity index (χ4v) is 6.86. The van der Waals surface area contributed by atoms with Gasteiger partial charge in [-0.15, -0.1) is 5.10 Å². The smallest absolute Gasteiger partial charge is 0.274 e. The van der Waals surface area contributed by atoms with Gasteiger partial charge in [-0.25, -0.2) is 14.7 Å². The summed E-state index contributed by atoms with van der Waals surface area (Å²) in [6.07, 6.45) is 21.2. The number of unbranched alkanes of at least 4 members (excludes halogenated alkanes) is 15. The van der Waals surface area contributed by atoms with Gasteiger partial charge >= 0.3 is 0 Å². The lowest BCUT2D eigenvalue weighted by Gasteiger charge is -2.17. The molecule has 1 saturated heterocycles. The molecule has 1 fully saturated rings. The van der Waals surface area contributed by atoms with Crippen molar-refractivity contribution in [2.45, 2.75) is 130 Å². The molecule has 10 heteroatoms. The first kappa shape index (κ1) is 39.5. The molecule has 1 atom stereocenters. The predicted octanol–water partition coefficient (Wildman–Crippen LogP) is 9.95. The van der Waals surface area contributed by atoms with E-state index in [4.69, 9.17) is 9.73 Å². The number of benzene rings is 3. The number of aliphatic imine (C=N–C) groups is 1. The Balaban J connectivity index is 1.06. The number of aromatic nitrogens is 3. The number of anilines is 1. The van der Waals surface area contributed by atoms with Crippen LogP contribution in [0.5, 0.6) is 5.75 Å². The molecular weight excluding hydrogens is 663 g/mol. The maximum atomic E-state index is 13.9. The van der Waals surface area contributed by atoms with E-state index >= 15 is 0 Å². The van der Waals surface area contributed by atoms with Gasteiger partial charge in [-0.1, -0.05) is 145 Å². The molecule has 284 valence electrons. The SMILES string of the molecule is CCCCCCCCCCCCCCCCCCOc1ccccc1NC(=O)CN1NC(=Nc2ccccc2C)C(n2nnc3ccc(C)cc32)C1=O. The third-order valence-electron chi connectivity index (χ3n) is 9.95. The van der Waals surface area contributed by atoms with Crippen LogP contribution in [0.15, 0.2) is 71.7 Å². The van der Waals surface area contributed by atoms with E-state index in [9.17, 15) is 9.59 Å². The van der Waals surface area contributed by atoms with Gasteiger partial charge in [0, 0.05) is 0 Å². The van der Waals surface area contributed by atoms with Gasteiger partial charge in [0.25, 0.3) is 5.91 Å². The van der Waals surface area contributed by atoms with Gasteiger partial charge in [0.1, 0.15) is 17.8 Å². The summed E-state index contributed by atoms with van der Waals surface area (Å²) in [5.74, 6) is 0.271. The Hall–Kier alpha value is -4.73. The van der Waals surface area contributed by atoms with E-state index in [-0.39, 0.29) is 18.4 Å². The molecule has 2 heterocycles. The third kappa shape index (κ3) is 11.9. The van der Waals surface area contributed by atoms with Crippen LogP contribution in [-0.2, 0) is 9.59 Å². The number of rotatable bonds is 23. The lowest BCUT2D eigenvalue weighted by atomic mass is 10.0. The lowest BCUT2D eigenvalue weighted by molar-refractivity contribution is -0.135. The van der Waals surface area contributed by atoms with Gasteiger partial charge in [-0.2, -0.15) is 0 Å². The summed E-state index contributed by atoms with van der Waals surface area (Å²) >= 11 is 0. The molecule has 0 saturated carbocycles. The minimum absolute atomic E-state index is 0.235. The van der Waals surface area contributed by atoms with Crippen LogP contribution in [0.1, 0.15) is 127 Å². The highest BCUT2D eigenvalue weighted by atomic mass is 16.5. The molecule has 1 aromatic heterocycles. The molecule has 0 bridgehead atoms. The van der Waals surface area contributed by atoms with Gasteiger partial charge in [-0.05, 0) is 61.7 Å². The zero-order valence-corrected chi connectivity index (χ0v) is 32.1. The summed E-state index contributed by atoms with van der Waals surface area (Å²) < 4.78 is 7.69. The molecule has 10 nitrogen and oxygen atoms in total. The third-order valence-corrected chi connectivity index (χ3v) is 9.95. The number of nitrogens with one attached hydrogen (secondary N) is 2. The molecule has 0 radical (unpaired) electrons. The van der Waals surface area contributed by atoms with Crippen LogP contribution in [0.3, 0.4) is 0 Å². The summed E-state index contributed by atoms with van der Waals surface area (Å²) in [6.45, 7) is 6.57. The van der Waals surface area contributed by atoms with Crippen LogP contribution in [0.2, 0.25) is 0 Å². The van der Waals surface area contributed by atoms with Crippen LogP contribution in [0.25, 0.3) is 11.0 Å². The number of amidine groups is 1. The number of carbonyl (C=O) groups is 2. The van der Waals surface area contributed by atoms with Gasteiger partial charge in [0.05, 0.1) is 23.5 Å². The van der Waals surface area contributed by atoms with Crippen molar-refractivity contribution < 1.29 is 14.3 Å². The molecule has 0 aliphatic carbocycles. The first-order valence-electron chi connectivity index (χ1n) is 20.0. The maximum Gasteiger partial charge on any atom is 0.274 e. The fourth-order valence-electron chi connectivity index (χ4n) is 6.86. The largest absolute Gasteiger partial charge is 0.491 e. The Morgan fingerprint density at radius 2 is 1.43 bits per heavy atom. The Kier molecular flexibility index (Phi) is 15.7. The average Bonchev–Trinajstić information content (AvgIpc) is 3.69. The molecule has 5 rings (SSSR count). The zero-order valence-electron chi connectivity index (χ0n) is 32.1. The highest BCUT2D eigenvalue weighted by Crippen LogP contribution is 2.28. The number of nitrogens with zero attached hydrogens (tertiary/aromatic N) is 5. The fraction of sp³-hybridized carbons (Fsp3) is 0.512. The van der Waals surface area contributed by atoms with Gasteiger partial charge < -0.3 is 10.1 Å². The Bertz CT molecular complexity index is 1780. The standard InChI is InChI=1S/C43H59N7O3/c1-4-5-6-7-8-9-10-11-12-13-14-15-16-17-18-23-30-53-39-27-22-21-26-37(39)44-40(51)32-49-43(52)41(42(47-49)45-35-25-20-19-24-34(35)3)50-38-31-33(2)28-29-36(38)46-48-50/h19-22,24-29,31,41H,4-18,23,30,32H2,1-3H3,(H,44,51)(H,45,47). The molecule has 2 N–H and O–H groups in total. The van der Waals surface area contributed by atoms with Crippen molar-refractivity contribution in [3.63, 3.8) is 0 Å². The molecule has 2 amide bonds. The lowest BCUT2D eigenvalue weighted by Crippen LogP contribution is -2.41. The molecule has 1 aliphatic rings. The van der Waals surface area contributed by atoms with Gasteiger partial charge in [-0.3, -0.25) is 15.0 Å². The van der Waals surface area contributed by atoms with E-state index in [0.29, 0.717) is 34.9 Å². The van der Waals surface area contributed by atoms with E-state index < -0.39 is 6.04 Å². The zero-order chi connectivity index (χ0) is 37.3. The first-order chi connectivity index (χ1) is 25.9. The van der Waals surface area contributed by atoms with Gasteiger partial charge in [0.2, 0.25) is 5.91 Å². The Morgan fingerprint density at radius 1 is 0.811 bits per heavy atom. The molecule has 53 heavy (non-hydrogen) atoms. The van der Waals surface area contributed by atoms with Crippen LogP contribution >= 0.6 is 0 Å². The summed E-state index contributed by atoms with van der Waals surface area (Å²) in [4.78, 5) is 32.2. The minimum atomic E-state index is -0.912. The topological polar surface area (TPSA) is 114 Å². The van der Waals surface area contributed by atoms with Gasteiger partial charge in [0.15, 0.2) is 11.9 Å². The van der Waals surface area contributed by atoms with Crippen molar-refractivity contribution in [2.24, 2.45) is 4.99 Å². The molecule has 1 unspecified atom stereocenters. The van der Waals surface area contributed by atoms with Crippen molar-refractivity contribution in [2.75, 3.05) is 18.5 Å². The second-order valence-electron chi connectivity index (χ2n) is 14.4. The van der Waals surface area contributed by atoms with Crippen molar-refractivity contribution in [1.29, 1.82) is 0 Å². The van der Waals surface area contributed by atoms with Crippen molar-refractivity contribution >= 4 is 40.1 Å². The van der Waals surface area contributed by atoms with E-state index in [0.717, 1.165) is 29.7 Å². The number of hydrazine groups is 1. The highest BCUT2D eigenvalue weighted by molar-refractivity contribution is 6.12. The molecule has 0 spiro atoms. The second kappa shape index (κ2) is 21.1.